The molecule has 17 N–H and O–H groups in total. The molecular formula is C65H106FN14O25P3S. The van der Waals surface area contributed by atoms with Crippen LogP contribution < -0.4 is 42.5 Å². The summed E-state index contributed by atoms with van der Waals surface area (Å²) in [4.78, 5) is 200. The molecule has 3 unspecified atom stereocenters. The molecule has 39 nitrogen and oxygen atoms in total. The summed E-state index contributed by atoms with van der Waals surface area (Å²) in [6, 6.07) is -3.28. The Labute approximate surface area is 632 Å². The molecule has 0 spiro atoms. The summed E-state index contributed by atoms with van der Waals surface area (Å²) in [5.41, 5.74) is 0.159. The first-order valence-electron chi connectivity index (χ1n) is 35.2. The summed E-state index contributed by atoms with van der Waals surface area (Å²) < 4.78 is 43.3. The number of carboxylic acids is 7. The van der Waals surface area contributed by atoms with Crippen LogP contribution >= 0.6 is 33.7 Å². The molecule has 2 heterocycles. The zero-order valence-electron chi connectivity index (χ0n) is 61.9. The molecule has 614 valence electrons. The first-order chi connectivity index (χ1) is 50.8. The number of aromatic nitrogens is 3. The van der Waals surface area contributed by atoms with Crippen molar-refractivity contribution in [3.63, 3.8) is 0 Å². The molecule has 109 heavy (non-hydrogen) atoms. The topological polar surface area (TPSA) is 592 Å². The summed E-state index contributed by atoms with van der Waals surface area (Å²) in [6.07, 6.45) is -3.36. The number of carboxylic acid groups (broad SMARTS) is 7. The number of nitrogens with zero attached hydrogens (tertiary/aromatic N) is 6. The lowest BCUT2D eigenvalue weighted by molar-refractivity contribution is -0.143. The van der Waals surface area contributed by atoms with E-state index in [2.05, 4.69) is 42.2 Å². The van der Waals surface area contributed by atoms with Crippen LogP contribution in [0.15, 0.2) is 35.4 Å². The molecule has 0 saturated carbocycles. The van der Waals surface area contributed by atoms with E-state index in [0.717, 1.165) is 4.68 Å². The van der Waals surface area contributed by atoms with Gasteiger partial charge in [0.1, 0.15) is 35.9 Å². The number of carbonyl (C=O) groups is 14. The van der Waals surface area contributed by atoms with Gasteiger partial charge < -0.3 is 88.1 Å². The Kier molecular flexibility index (Phi) is 39.8. The lowest BCUT2D eigenvalue weighted by Crippen LogP contribution is -2.51. The van der Waals surface area contributed by atoms with Gasteiger partial charge in [-0.3, -0.25) is 67.0 Å². The molecule has 0 bridgehead atoms. The monoisotopic (exact) mass is 1630 g/mol. The van der Waals surface area contributed by atoms with Crippen molar-refractivity contribution < 1.29 is 126 Å². The number of rotatable bonds is 49. The van der Waals surface area contributed by atoms with Gasteiger partial charge in [-0.2, -0.15) is 3.89 Å². The Hall–Kier alpha value is -8.29. The van der Waals surface area contributed by atoms with E-state index >= 15 is 3.89 Å². The molecule has 1 aliphatic rings. The maximum absolute atomic E-state index is 17.1. The van der Waals surface area contributed by atoms with E-state index in [9.17, 15) is 106 Å². The predicted molar refractivity (Wildman–Crippen MR) is 395 cm³/mol. The summed E-state index contributed by atoms with van der Waals surface area (Å²) in [7, 11) is -10.8. The van der Waals surface area contributed by atoms with Gasteiger partial charge in [0.25, 0.3) is 5.91 Å². The van der Waals surface area contributed by atoms with Crippen LogP contribution in [0.2, 0.25) is 0 Å². The van der Waals surface area contributed by atoms with Crippen molar-refractivity contribution in [1.29, 1.82) is 0 Å². The number of hydrogen-bond acceptors (Lipinski definition) is 21. The number of amides is 8. The third kappa shape index (κ3) is 36.0. The highest BCUT2D eigenvalue weighted by molar-refractivity contribution is 8.31. The molecule has 1 saturated heterocycles. The smallest absolute Gasteiger partial charge is 0.326 e. The van der Waals surface area contributed by atoms with Gasteiger partial charge >= 0.3 is 47.8 Å². The van der Waals surface area contributed by atoms with Gasteiger partial charge in [-0.1, -0.05) is 15.6 Å². The largest absolute Gasteiger partial charge is 0.481 e. The molecule has 8 atom stereocenters. The highest BCUT2D eigenvalue weighted by Crippen LogP contribution is 2.74. The molecule has 1 fully saturated rings. The molecule has 44 heteroatoms. The van der Waals surface area contributed by atoms with Crippen molar-refractivity contribution in [2.24, 2.45) is 0 Å². The van der Waals surface area contributed by atoms with Crippen LogP contribution in [0.4, 0.5) is 8.68 Å². The lowest BCUT2D eigenvalue weighted by Gasteiger charge is -2.52. The van der Waals surface area contributed by atoms with Gasteiger partial charge in [0.2, 0.25) is 44.3 Å². The first-order valence-corrected chi connectivity index (χ1v) is 42.2. The minimum absolute atomic E-state index is 0.0103. The van der Waals surface area contributed by atoms with Crippen molar-refractivity contribution >= 4 is 117 Å². The Morgan fingerprint density at radius 2 is 0.972 bits per heavy atom. The van der Waals surface area contributed by atoms with Crippen molar-refractivity contribution in [2.45, 2.75) is 183 Å². The van der Waals surface area contributed by atoms with E-state index in [1.165, 1.54) is 30.5 Å². The van der Waals surface area contributed by atoms with Gasteiger partial charge in [0.05, 0.1) is 31.7 Å². The second-order valence-corrected chi connectivity index (χ2v) is 38.2. The Bertz CT molecular complexity index is 3550. The van der Waals surface area contributed by atoms with E-state index in [0.29, 0.717) is 37.0 Å². The van der Waals surface area contributed by atoms with Crippen molar-refractivity contribution in [1.82, 2.24) is 72.2 Å². The van der Waals surface area contributed by atoms with E-state index in [-0.39, 0.29) is 123 Å². The fraction of sp³-hybridized carbons (Fsp3) is 0.662. The van der Waals surface area contributed by atoms with Crippen molar-refractivity contribution in [2.75, 3.05) is 96.2 Å². The van der Waals surface area contributed by atoms with Crippen LogP contribution in [0.3, 0.4) is 0 Å². The Balaban J connectivity index is 1.62. The molecule has 1 aromatic carbocycles. The van der Waals surface area contributed by atoms with Crippen LogP contribution in [0, 0.1) is 0 Å². The third-order valence-corrected chi connectivity index (χ3v) is 26.2. The fourth-order valence-electron chi connectivity index (χ4n) is 11.3. The van der Waals surface area contributed by atoms with Crippen LogP contribution in [-0.4, -0.2) is 288 Å². The van der Waals surface area contributed by atoms with Gasteiger partial charge in [-0.25, -0.2) is 28.7 Å². The summed E-state index contributed by atoms with van der Waals surface area (Å²) in [5, 5.41) is 92.8. The van der Waals surface area contributed by atoms with E-state index in [4.69, 9.17) is 15.3 Å². The van der Waals surface area contributed by atoms with Crippen LogP contribution in [0.25, 0.3) is 0 Å². The second kappa shape index (κ2) is 45.8. The minimum atomic E-state index is -4.09. The summed E-state index contributed by atoms with van der Waals surface area (Å²) in [5.74, 6) is -14.1. The van der Waals surface area contributed by atoms with Gasteiger partial charge in [0.15, 0.2) is 0 Å². The van der Waals surface area contributed by atoms with Crippen molar-refractivity contribution in [3.05, 3.63) is 41.7 Å². The van der Waals surface area contributed by atoms with E-state index < -0.39 is 206 Å². The highest BCUT2D eigenvalue weighted by Gasteiger charge is 2.48. The van der Waals surface area contributed by atoms with Crippen LogP contribution in [0.5, 0.6) is 0 Å². The van der Waals surface area contributed by atoms with Gasteiger partial charge in [-0.15, -0.1) is 13.7 Å². The molecule has 1 aliphatic heterocycles. The number of benzene rings is 1. The maximum Gasteiger partial charge on any atom is 0.326 e. The average molecular weight is 1630 g/mol. The molecule has 0 radical (unpaired) electrons. The molecule has 0 aliphatic carbocycles. The molecule has 8 amide bonds. The van der Waals surface area contributed by atoms with Crippen LogP contribution in [0.1, 0.15) is 154 Å². The molecular weight excluding hydrogens is 1520 g/mol. The normalized spacial score (nSPS) is 16.1. The summed E-state index contributed by atoms with van der Waals surface area (Å²) >= 11 is 0. The van der Waals surface area contributed by atoms with Crippen LogP contribution in [-0.2, 0) is 73.2 Å². The molecule has 1 aromatic heterocycles. The lowest BCUT2D eigenvalue weighted by atomic mass is 10.1. The quantitative estimate of drug-likeness (QED) is 0.0332. The van der Waals surface area contributed by atoms with E-state index in [1.54, 1.807) is 51.3 Å². The standard InChI is InChI=1S/C65H106FN14O25P3S/c1-64(2,3)109(66,65(4,5)6)44-14-12-42(13-15-44)57(91)70-37-49(80-38-43(75-76-80)36-69-52(83)23-34-107(102,103)40-78-29-27-77(39-106-33-22-55(87)88)28-30-79(32-31-78)41-108(104,105)35-24-56(89)90)58(92)72-46(60(95)96)10-7-8-25-67-50(81)19-20-51(82)68-26-9-11-45(59(93)94)71-53(84)18-16-47(61(97)98)73-63(101)74-48(62(99)100)17-21-54(85)86/h12-15,38,45-49,106H,7-11,16-37,39-41H2,1-6H3,(H,67,81)(H,68,82)(H,69,83)(H,70,91)(H,71,84)(H,72,92)(H,85,86)(H,87,88)(H,89,90)(H,93,94)(H,95,96)(H,97,98)(H,99,100)(H,102,103)(H,104,105)(H2,73,74,101)/t45-,46-,47-,48-,49+/m0/s1. The van der Waals surface area contributed by atoms with E-state index in [1.807, 2.05) is 15.5 Å². The number of halogens is 1. The number of nitrogens with one attached hydrogen (secondary N) is 8. The maximum atomic E-state index is 17.1. The first kappa shape index (κ1) is 94.9. The number of aliphatic carboxylic acids is 7. The zero-order valence-corrected chi connectivity index (χ0v) is 65.5. The fourth-order valence-corrected chi connectivity index (χ4v) is 19.5. The Morgan fingerprint density at radius 1 is 0.523 bits per heavy atom. The van der Waals surface area contributed by atoms with Crippen molar-refractivity contribution in [3.8, 4) is 0 Å². The third-order valence-electron chi connectivity index (χ3n) is 17.1. The SMILES string of the molecule is CC(C)(C)S(F)(c1ccc(C(=O)NC[C@H](C(=O)N[C@@H](CCCCNC(=O)CCC(=O)NCCC[C@H](NC(=O)CC[C@H](NC(=O)N[C@@H](CCC(=O)O)C(=O)O)C(=O)O)C(=O)O)C(=O)O)n2cc(CNC(=O)CCP(=O)(O)CN3CCN(CPCCC(=O)O)CCN(CP(=O)(O)CCC(=O)O)CC3)nn2)cc1)C(C)(C)C. The average Bonchev–Trinajstić information content (AvgIpc) is 0.940. The van der Waals surface area contributed by atoms with Gasteiger partial charge in [0, 0.05) is 136 Å². The molecule has 3 rings (SSSR count). The minimum Gasteiger partial charge on any atom is -0.481 e. The summed E-state index contributed by atoms with van der Waals surface area (Å²) in [6.45, 7) is 11.7. The highest BCUT2D eigenvalue weighted by atomic mass is 32.3. The van der Waals surface area contributed by atoms with Gasteiger partial charge in [-0.05, 0) is 117 Å². The zero-order chi connectivity index (χ0) is 82.0. The molecule has 2 aromatic rings. The number of hydrogen-bond donors (Lipinski definition) is 17. The number of urea groups is 1. The number of carbonyl (C=O) groups excluding carboxylic acids is 7. The predicted octanol–water partition coefficient (Wildman–Crippen LogP) is 1.81. The number of unbranched alkanes of at least 4 members (excludes halogenated alkanes) is 1. The Morgan fingerprint density at radius 3 is 1.47 bits per heavy atom. The second-order valence-electron chi connectivity index (χ2n) is 28.0.